The molecule has 0 atom stereocenters. The van der Waals surface area contributed by atoms with Gasteiger partial charge in [-0.05, 0) is 23.6 Å². The molecule has 1 fully saturated rings. The molecule has 0 bridgehead atoms. The number of benzene rings is 1. The van der Waals surface area contributed by atoms with Crippen LogP contribution in [0, 0.1) is 0 Å². The van der Waals surface area contributed by atoms with Crippen LogP contribution in [0.2, 0.25) is 0 Å². The quantitative estimate of drug-likeness (QED) is 0.502. The summed E-state index contributed by atoms with van der Waals surface area (Å²) in [7, 11) is 0. The molecule has 1 aliphatic heterocycles. The number of piperazine rings is 1. The number of thiazole rings is 1. The molecule has 9 heteroatoms. The molecular formula is C22H22N6OS2. The molecule has 31 heavy (non-hydrogen) atoms. The van der Waals surface area contributed by atoms with Gasteiger partial charge in [-0.3, -0.25) is 9.69 Å². The fourth-order valence-electron chi connectivity index (χ4n) is 3.75. The number of nitrogen functional groups attached to an aromatic ring is 1. The number of carbonyl (C=O) groups is 1. The predicted molar refractivity (Wildman–Crippen MR) is 125 cm³/mol. The molecule has 2 N–H and O–H groups in total. The molecule has 1 saturated heterocycles. The summed E-state index contributed by atoms with van der Waals surface area (Å²) in [5.41, 5.74) is 7.82. The van der Waals surface area contributed by atoms with Crippen molar-refractivity contribution in [3.05, 3.63) is 58.7 Å². The number of anilines is 1. The number of thiophene rings is 1. The van der Waals surface area contributed by atoms with Crippen molar-refractivity contribution >= 4 is 45.3 Å². The summed E-state index contributed by atoms with van der Waals surface area (Å²) >= 11 is 3.26. The Balaban J connectivity index is 1.16. The van der Waals surface area contributed by atoms with Gasteiger partial charge >= 0.3 is 0 Å². The summed E-state index contributed by atoms with van der Waals surface area (Å²) in [6.45, 7) is 3.61. The van der Waals surface area contributed by atoms with Crippen LogP contribution in [-0.2, 0) is 17.8 Å². The van der Waals surface area contributed by atoms with E-state index in [9.17, 15) is 4.79 Å². The van der Waals surface area contributed by atoms with Gasteiger partial charge in [-0.2, -0.15) is 0 Å². The lowest BCUT2D eigenvalue weighted by Crippen LogP contribution is -2.48. The Morgan fingerprint density at radius 3 is 2.65 bits per heavy atom. The summed E-state index contributed by atoms with van der Waals surface area (Å²) in [4.78, 5) is 31.8. The van der Waals surface area contributed by atoms with Gasteiger partial charge in [0, 0.05) is 36.9 Å². The molecule has 0 spiro atoms. The Kier molecular flexibility index (Phi) is 5.63. The molecule has 1 aliphatic rings. The second-order valence-electron chi connectivity index (χ2n) is 7.50. The number of amides is 1. The third-order valence-electron chi connectivity index (χ3n) is 5.39. The molecule has 1 aromatic carbocycles. The van der Waals surface area contributed by atoms with Gasteiger partial charge in [0.15, 0.2) is 0 Å². The topological polar surface area (TPSA) is 88.2 Å². The molecule has 4 aromatic rings. The first-order valence-corrected chi connectivity index (χ1v) is 11.9. The van der Waals surface area contributed by atoms with Gasteiger partial charge in [-0.15, -0.1) is 22.7 Å². The number of para-hydroxylation sites is 1. The lowest BCUT2D eigenvalue weighted by atomic mass is 10.2. The number of aromatic nitrogens is 3. The van der Waals surface area contributed by atoms with Crippen LogP contribution >= 0.6 is 22.7 Å². The highest BCUT2D eigenvalue weighted by Gasteiger charge is 2.23. The Labute approximate surface area is 188 Å². The molecule has 0 unspecified atom stereocenters. The van der Waals surface area contributed by atoms with Crippen molar-refractivity contribution in [2.24, 2.45) is 0 Å². The standard InChI is InChI=1S/C22H22N6OS2/c23-21-16-4-1-2-5-17(16)25-19(26-21)13-27-7-9-28(10-8-27)20(29)12-15-14-31-22(24-15)18-6-3-11-30-18/h1-6,11,14H,7-10,12-13H2,(H2,23,25,26). The summed E-state index contributed by atoms with van der Waals surface area (Å²) in [5.74, 6) is 1.37. The van der Waals surface area contributed by atoms with E-state index in [1.54, 1.807) is 22.7 Å². The van der Waals surface area contributed by atoms with Crippen molar-refractivity contribution < 1.29 is 4.79 Å². The number of rotatable bonds is 5. The lowest BCUT2D eigenvalue weighted by Gasteiger charge is -2.34. The Morgan fingerprint density at radius 1 is 1.00 bits per heavy atom. The fraction of sp³-hybridized carbons (Fsp3) is 0.273. The van der Waals surface area contributed by atoms with Crippen molar-refractivity contribution in [1.82, 2.24) is 24.8 Å². The van der Waals surface area contributed by atoms with Crippen LogP contribution in [0.3, 0.4) is 0 Å². The number of nitrogens with two attached hydrogens (primary N) is 1. The highest BCUT2D eigenvalue weighted by atomic mass is 32.1. The third-order valence-corrected chi connectivity index (χ3v) is 7.32. The molecule has 4 heterocycles. The monoisotopic (exact) mass is 450 g/mol. The average Bonchev–Trinajstić information content (AvgIpc) is 3.46. The molecule has 7 nitrogen and oxygen atoms in total. The van der Waals surface area contributed by atoms with Crippen LogP contribution in [0.15, 0.2) is 47.2 Å². The lowest BCUT2D eigenvalue weighted by molar-refractivity contribution is -0.132. The number of fused-ring (bicyclic) bond motifs is 1. The first kappa shape index (κ1) is 20.0. The van der Waals surface area contributed by atoms with Crippen LogP contribution in [0.5, 0.6) is 0 Å². The highest BCUT2D eigenvalue weighted by Crippen LogP contribution is 2.28. The molecule has 1 amide bonds. The number of nitrogens with zero attached hydrogens (tertiary/aromatic N) is 5. The Hall–Kier alpha value is -2.88. The van der Waals surface area contributed by atoms with Crippen molar-refractivity contribution in [3.63, 3.8) is 0 Å². The summed E-state index contributed by atoms with van der Waals surface area (Å²) in [6, 6.07) is 11.9. The van der Waals surface area contributed by atoms with Gasteiger partial charge in [0.25, 0.3) is 0 Å². The maximum absolute atomic E-state index is 12.8. The van der Waals surface area contributed by atoms with Crippen LogP contribution in [0.1, 0.15) is 11.5 Å². The van der Waals surface area contributed by atoms with Crippen LogP contribution in [0.4, 0.5) is 5.82 Å². The molecular weight excluding hydrogens is 428 g/mol. The van der Waals surface area contributed by atoms with Crippen LogP contribution in [0.25, 0.3) is 20.8 Å². The van der Waals surface area contributed by atoms with E-state index in [0.717, 1.165) is 45.4 Å². The molecule has 3 aromatic heterocycles. The highest BCUT2D eigenvalue weighted by molar-refractivity contribution is 7.20. The van der Waals surface area contributed by atoms with E-state index in [0.29, 0.717) is 31.9 Å². The van der Waals surface area contributed by atoms with Crippen LogP contribution < -0.4 is 5.73 Å². The second-order valence-corrected chi connectivity index (χ2v) is 9.30. The van der Waals surface area contributed by atoms with Crippen molar-refractivity contribution in [2.45, 2.75) is 13.0 Å². The average molecular weight is 451 g/mol. The molecule has 5 rings (SSSR count). The first-order valence-electron chi connectivity index (χ1n) is 10.2. The van der Waals surface area contributed by atoms with E-state index < -0.39 is 0 Å². The zero-order valence-electron chi connectivity index (χ0n) is 16.9. The molecule has 0 radical (unpaired) electrons. The van der Waals surface area contributed by atoms with Gasteiger partial charge in [0.05, 0.1) is 29.1 Å². The zero-order valence-corrected chi connectivity index (χ0v) is 18.5. The van der Waals surface area contributed by atoms with Crippen molar-refractivity contribution in [3.8, 4) is 9.88 Å². The van der Waals surface area contributed by atoms with Gasteiger partial charge in [0.1, 0.15) is 16.6 Å². The van der Waals surface area contributed by atoms with E-state index in [2.05, 4.69) is 25.9 Å². The minimum atomic E-state index is 0.133. The third kappa shape index (κ3) is 4.43. The Morgan fingerprint density at radius 2 is 1.84 bits per heavy atom. The SMILES string of the molecule is Nc1nc(CN2CCN(C(=O)Cc3csc(-c4cccs4)n3)CC2)nc2ccccc12. The largest absolute Gasteiger partial charge is 0.383 e. The molecule has 158 valence electrons. The normalized spacial score (nSPS) is 14.9. The molecule has 0 aliphatic carbocycles. The van der Waals surface area contributed by atoms with E-state index in [1.807, 2.05) is 46.0 Å². The number of hydrogen-bond acceptors (Lipinski definition) is 8. The summed E-state index contributed by atoms with van der Waals surface area (Å²) in [6.07, 6.45) is 0.353. The van der Waals surface area contributed by atoms with E-state index >= 15 is 0 Å². The fourth-order valence-corrected chi connectivity index (χ4v) is 5.38. The predicted octanol–water partition coefficient (Wildman–Crippen LogP) is 3.28. The minimum absolute atomic E-state index is 0.133. The first-order chi connectivity index (χ1) is 15.2. The second kappa shape index (κ2) is 8.70. The van der Waals surface area contributed by atoms with Gasteiger partial charge < -0.3 is 10.6 Å². The van der Waals surface area contributed by atoms with Crippen molar-refractivity contribution in [2.75, 3.05) is 31.9 Å². The van der Waals surface area contributed by atoms with Gasteiger partial charge in [0.2, 0.25) is 5.91 Å². The van der Waals surface area contributed by atoms with Crippen LogP contribution in [-0.4, -0.2) is 56.8 Å². The van der Waals surface area contributed by atoms with Gasteiger partial charge in [-0.25, -0.2) is 15.0 Å². The summed E-state index contributed by atoms with van der Waals surface area (Å²) in [5, 5.41) is 5.89. The smallest absolute Gasteiger partial charge is 0.228 e. The van der Waals surface area contributed by atoms with E-state index in [-0.39, 0.29) is 5.91 Å². The summed E-state index contributed by atoms with van der Waals surface area (Å²) < 4.78 is 0. The maximum Gasteiger partial charge on any atom is 0.228 e. The molecule has 0 saturated carbocycles. The zero-order chi connectivity index (χ0) is 21.2. The number of hydrogen-bond donors (Lipinski definition) is 1. The van der Waals surface area contributed by atoms with Gasteiger partial charge in [-0.1, -0.05) is 18.2 Å². The van der Waals surface area contributed by atoms with Crippen molar-refractivity contribution in [1.29, 1.82) is 0 Å². The van der Waals surface area contributed by atoms with E-state index in [1.165, 1.54) is 0 Å². The Bertz CT molecular complexity index is 1200. The maximum atomic E-state index is 12.8. The minimum Gasteiger partial charge on any atom is -0.383 e. The van der Waals surface area contributed by atoms with E-state index in [4.69, 9.17) is 5.73 Å². The number of carbonyl (C=O) groups excluding carboxylic acids is 1.